The molecule has 0 radical (unpaired) electrons. The van der Waals surface area contributed by atoms with Crippen LogP contribution in [0.25, 0.3) is 0 Å². The molecule has 0 bridgehead atoms. The van der Waals surface area contributed by atoms with Gasteiger partial charge in [-0.2, -0.15) is 8.78 Å². The lowest BCUT2D eigenvalue weighted by Crippen LogP contribution is -2.25. The summed E-state index contributed by atoms with van der Waals surface area (Å²) in [6.45, 7) is 1.60. The maximum atomic E-state index is 14.7. The Labute approximate surface area is 187 Å². The van der Waals surface area contributed by atoms with Crippen molar-refractivity contribution in [2.24, 2.45) is 0 Å². The molecule has 0 saturated heterocycles. The van der Waals surface area contributed by atoms with Crippen LogP contribution in [0.1, 0.15) is 60.8 Å². The summed E-state index contributed by atoms with van der Waals surface area (Å²) in [6.07, 6.45) is 0.120. The number of aryl methyl sites for hydroxylation is 1. The standard InChI is InChI=1S/C26H27F3O3/c1-20-18-22(11-7-3-5-9-17-31)19-24(27)25(20)26(28,29)32-23-14-12-21(13-15-23)10-6-2-4-8-16-30/h12-15,18-19,30-31H,2-5,8-9,16-17H2,1H3. The van der Waals surface area contributed by atoms with Crippen molar-refractivity contribution in [2.45, 2.75) is 51.6 Å². The average molecular weight is 444 g/mol. The molecule has 0 aromatic heterocycles. The van der Waals surface area contributed by atoms with Gasteiger partial charge >= 0.3 is 6.11 Å². The summed E-state index contributed by atoms with van der Waals surface area (Å²) in [4.78, 5) is 0. The number of ether oxygens (including phenoxy) is 1. The fraction of sp³-hybridized carbons (Fsp3) is 0.385. The molecule has 2 aromatic rings. The molecular formula is C26H27F3O3. The Balaban J connectivity index is 2.09. The van der Waals surface area contributed by atoms with Crippen molar-refractivity contribution >= 4 is 0 Å². The van der Waals surface area contributed by atoms with Crippen LogP contribution in [0.15, 0.2) is 36.4 Å². The summed E-state index contributed by atoms with van der Waals surface area (Å²) in [5, 5.41) is 17.5. The number of aliphatic hydroxyl groups excluding tert-OH is 2. The zero-order valence-corrected chi connectivity index (χ0v) is 18.1. The highest BCUT2D eigenvalue weighted by atomic mass is 19.3. The first-order valence-corrected chi connectivity index (χ1v) is 10.5. The predicted octanol–water partition coefficient (Wildman–Crippen LogP) is 5.29. The summed E-state index contributed by atoms with van der Waals surface area (Å²) in [7, 11) is 0. The van der Waals surface area contributed by atoms with Gasteiger partial charge in [0.25, 0.3) is 0 Å². The quantitative estimate of drug-likeness (QED) is 0.408. The second kappa shape index (κ2) is 12.8. The molecule has 6 heteroatoms. The molecule has 0 aliphatic carbocycles. The number of alkyl halides is 2. The number of benzene rings is 2. The van der Waals surface area contributed by atoms with E-state index in [0.29, 0.717) is 43.2 Å². The molecule has 2 N–H and O–H groups in total. The molecule has 0 spiro atoms. The lowest BCUT2D eigenvalue weighted by Gasteiger charge is -2.21. The van der Waals surface area contributed by atoms with Gasteiger partial charge in [-0.15, -0.1) is 0 Å². The first-order valence-electron chi connectivity index (χ1n) is 10.5. The first-order chi connectivity index (χ1) is 15.4. The molecule has 0 amide bonds. The molecule has 0 fully saturated rings. The fourth-order valence-electron chi connectivity index (χ4n) is 2.97. The van der Waals surface area contributed by atoms with E-state index in [2.05, 4.69) is 23.7 Å². The van der Waals surface area contributed by atoms with Crippen molar-refractivity contribution in [1.29, 1.82) is 0 Å². The van der Waals surface area contributed by atoms with Crippen LogP contribution in [0.5, 0.6) is 5.75 Å². The zero-order valence-electron chi connectivity index (χ0n) is 18.1. The molecule has 0 aliphatic heterocycles. The van der Waals surface area contributed by atoms with Crippen molar-refractivity contribution in [1.82, 2.24) is 0 Å². The Morgan fingerprint density at radius 3 is 1.94 bits per heavy atom. The molecule has 0 aliphatic rings. The molecule has 2 rings (SSSR count). The summed E-state index contributed by atoms with van der Waals surface area (Å²) in [5.74, 6) is 10.3. The summed E-state index contributed by atoms with van der Waals surface area (Å²) in [6, 6.07) is 8.24. The van der Waals surface area contributed by atoms with Gasteiger partial charge in [-0.1, -0.05) is 23.7 Å². The van der Waals surface area contributed by atoms with E-state index >= 15 is 0 Å². The van der Waals surface area contributed by atoms with Gasteiger partial charge in [0.1, 0.15) is 17.1 Å². The molecule has 0 unspecified atom stereocenters. The van der Waals surface area contributed by atoms with E-state index in [1.807, 2.05) is 0 Å². The maximum absolute atomic E-state index is 14.7. The Hall–Kier alpha value is -2.93. The molecule has 0 atom stereocenters. The Kier molecular flexibility index (Phi) is 10.1. The molecule has 32 heavy (non-hydrogen) atoms. The van der Waals surface area contributed by atoms with Gasteiger partial charge in [-0.05, 0) is 74.6 Å². The number of hydrogen-bond donors (Lipinski definition) is 2. The van der Waals surface area contributed by atoms with Crippen LogP contribution in [0, 0.1) is 36.4 Å². The monoisotopic (exact) mass is 444 g/mol. The van der Waals surface area contributed by atoms with Crippen LogP contribution < -0.4 is 4.74 Å². The molecule has 3 nitrogen and oxygen atoms in total. The number of rotatable bonds is 9. The number of aliphatic hydroxyl groups is 2. The summed E-state index contributed by atoms with van der Waals surface area (Å²) >= 11 is 0. The van der Waals surface area contributed by atoms with E-state index in [1.165, 1.54) is 25.1 Å². The topological polar surface area (TPSA) is 49.7 Å². The van der Waals surface area contributed by atoms with Gasteiger partial charge < -0.3 is 14.9 Å². The third kappa shape index (κ3) is 7.96. The van der Waals surface area contributed by atoms with Crippen LogP contribution in [0.2, 0.25) is 0 Å². The molecule has 2 aromatic carbocycles. The predicted molar refractivity (Wildman–Crippen MR) is 118 cm³/mol. The molecule has 0 heterocycles. The lowest BCUT2D eigenvalue weighted by molar-refractivity contribution is -0.187. The summed E-state index contributed by atoms with van der Waals surface area (Å²) in [5.41, 5.74) is 0.176. The largest absolute Gasteiger partial charge is 0.429 e. The number of halogens is 3. The van der Waals surface area contributed by atoms with Crippen LogP contribution in [-0.4, -0.2) is 23.4 Å². The zero-order chi connectivity index (χ0) is 23.4. The van der Waals surface area contributed by atoms with E-state index in [1.54, 1.807) is 12.1 Å². The maximum Gasteiger partial charge on any atom is 0.429 e. The Bertz CT molecular complexity index is 970. The van der Waals surface area contributed by atoms with E-state index in [0.717, 1.165) is 12.5 Å². The number of hydrogen-bond acceptors (Lipinski definition) is 3. The minimum absolute atomic E-state index is 0.0417. The van der Waals surface area contributed by atoms with Crippen LogP contribution in [-0.2, 0) is 6.11 Å². The summed E-state index contributed by atoms with van der Waals surface area (Å²) < 4.78 is 48.8. The second-order valence-electron chi connectivity index (χ2n) is 7.26. The van der Waals surface area contributed by atoms with Crippen LogP contribution in [0.4, 0.5) is 13.2 Å². The highest BCUT2D eigenvalue weighted by molar-refractivity contribution is 5.43. The van der Waals surface area contributed by atoms with Crippen LogP contribution in [0.3, 0.4) is 0 Å². The smallest absolute Gasteiger partial charge is 0.429 e. The third-order valence-electron chi connectivity index (χ3n) is 4.56. The molecular weight excluding hydrogens is 417 g/mol. The lowest BCUT2D eigenvalue weighted by atomic mass is 10.0. The van der Waals surface area contributed by atoms with Gasteiger partial charge in [0.2, 0.25) is 0 Å². The highest BCUT2D eigenvalue weighted by Gasteiger charge is 2.39. The van der Waals surface area contributed by atoms with Crippen molar-refractivity contribution in [2.75, 3.05) is 13.2 Å². The van der Waals surface area contributed by atoms with Gasteiger partial charge in [0.05, 0.1) is 0 Å². The first kappa shape index (κ1) is 25.3. The van der Waals surface area contributed by atoms with E-state index in [-0.39, 0.29) is 24.5 Å². The second-order valence-corrected chi connectivity index (χ2v) is 7.26. The Morgan fingerprint density at radius 1 is 0.844 bits per heavy atom. The van der Waals surface area contributed by atoms with Crippen LogP contribution >= 0.6 is 0 Å². The number of unbranched alkanes of at least 4 members (excludes halogenated alkanes) is 4. The fourth-order valence-corrected chi connectivity index (χ4v) is 2.97. The normalized spacial score (nSPS) is 10.7. The van der Waals surface area contributed by atoms with Crippen molar-refractivity contribution in [3.05, 3.63) is 64.5 Å². The van der Waals surface area contributed by atoms with Gasteiger partial charge in [-0.25, -0.2) is 4.39 Å². The van der Waals surface area contributed by atoms with Crippen molar-refractivity contribution in [3.8, 4) is 29.4 Å². The van der Waals surface area contributed by atoms with Gasteiger partial charge in [0, 0.05) is 37.2 Å². The SMILES string of the molecule is Cc1cc(C#CCCCCO)cc(F)c1C(F)(F)Oc1ccc(C#CCCCCO)cc1. The van der Waals surface area contributed by atoms with Gasteiger partial charge in [0.15, 0.2) is 0 Å². The minimum Gasteiger partial charge on any atom is -0.429 e. The molecule has 0 saturated carbocycles. The van der Waals surface area contributed by atoms with E-state index in [9.17, 15) is 13.2 Å². The Morgan fingerprint density at radius 2 is 1.41 bits per heavy atom. The van der Waals surface area contributed by atoms with Gasteiger partial charge in [-0.3, -0.25) is 0 Å². The third-order valence-corrected chi connectivity index (χ3v) is 4.56. The highest BCUT2D eigenvalue weighted by Crippen LogP contribution is 2.35. The minimum atomic E-state index is -3.86. The van der Waals surface area contributed by atoms with Crippen molar-refractivity contribution < 1.29 is 28.1 Å². The average Bonchev–Trinajstić information content (AvgIpc) is 2.73. The van der Waals surface area contributed by atoms with E-state index < -0.39 is 17.5 Å². The molecule has 170 valence electrons. The van der Waals surface area contributed by atoms with E-state index in [4.69, 9.17) is 14.9 Å². The van der Waals surface area contributed by atoms with Crippen molar-refractivity contribution in [3.63, 3.8) is 0 Å².